The van der Waals surface area contributed by atoms with E-state index in [4.69, 9.17) is 4.74 Å². The van der Waals surface area contributed by atoms with E-state index in [0.717, 1.165) is 31.9 Å². The highest BCUT2D eigenvalue weighted by Crippen LogP contribution is 2.13. The normalized spacial score (nSPS) is 17.0. The minimum Gasteiger partial charge on any atom is -0.455 e. The lowest BCUT2D eigenvalue weighted by Crippen LogP contribution is -2.33. The van der Waals surface area contributed by atoms with Crippen LogP contribution in [0.5, 0.6) is 0 Å². The first-order valence-corrected chi connectivity index (χ1v) is 7.72. The second kappa shape index (κ2) is 6.56. The molecule has 1 fully saturated rings. The highest BCUT2D eigenvalue weighted by atomic mass is 16.6. The zero-order chi connectivity index (χ0) is 15.5. The molecule has 118 valence electrons. The molecule has 1 aromatic heterocycles. The van der Waals surface area contributed by atoms with Crippen molar-refractivity contribution >= 4 is 5.97 Å². The molecule has 0 unspecified atom stereocenters. The Hall–Kier alpha value is -1.43. The Morgan fingerprint density at radius 3 is 2.48 bits per heavy atom. The molecular formula is C15H26N4O2. The van der Waals surface area contributed by atoms with E-state index in [1.807, 2.05) is 27.7 Å². The SMILES string of the molecule is Cc1c(C(=O)OC(C)(C)C)nnn1CCN1CCCCC1. The van der Waals surface area contributed by atoms with Crippen molar-refractivity contribution < 1.29 is 9.53 Å². The average molecular weight is 294 g/mol. The number of likely N-dealkylation sites (tertiary alicyclic amines) is 1. The predicted molar refractivity (Wildman–Crippen MR) is 80.2 cm³/mol. The van der Waals surface area contributed by atoms with Crippen LogP contribution in [0.2, 0.25) is 0 Å². The molecule has 1 aliphatic heterocycles. The van der Waals surface area contributed by atoms with Crippen LogP contribution in [0.25, 0.3) is 0 Å². The predicted octanol–water partition coefficient (Wildman–Crippen LogP) is 2.03. The van der Waals surface area contributed by atoms with Crippen LogP contribution in [0.1, 0.15) is 56.2 Å². The van der Waals surface area contributed by atoms with Crippen molar-refractivity contribution in [1.29, 1.82) is 0 Å². The van der Waals surface area contributed by atoms with Gasteiger partial charge in [0, 0.05) is 6.54 Å². The number of nitrogens with zero attached hydrogens (tertiary/aromatic N) is 4. The van der Waals surface area contributed by atoms with Gasteiger partial charge in [-0.25, -0.2) is 9.48 Å². The third-order valence-corrected chi connectivity index (χ3v) is 3.65. The highest BCUT2D eigenvalue weighted by molar-refractivity contribution is 5.88. The second-order valence-electron chi connectivity index (χ2n) is 6.65. The van der Waals surface area contributed by atoms with Crippen LogP contribution in [0.3, 0.4) is 0 Å². The highest BCUT2D eigenvalue weighted by Gasteiger charge is 2.23. The molecule has 0 atom stereocenters. The van der Waals surface area contributed by atoms with E-state index in [9.17, 15) is 4.79 Å². The lowest BCUT2D eigenvalue weighted by Gasteiger charge is -2.26. The van der Waals surface area contributed by atoms with Crippen LogP contribution in [0.15, 0.2) is 0 Å². The maximum absolute atomic E-state index is 12.1. The number of carbonyl (C=O) groups is 1. The molecule has 21 heavy (non-hydrogen) atoms. The lowest BCUT2D eigenvalue weighted by molar-refractivity contribution is 0.00618. The van der Waals surface area contributed by atoms with Gasteiger partial charge in [0.2, 0.25) is 0 Å². The van der Waals surface area contributed by atoms with Gasteiger partial charge >= 0.3 is 5.97 Å². The summed E-state index contributed by atoms with van der Waals surface area (Å²) in [5.74, 6) is -0.399. The van der Waals surface area contributed by atoms with Crippen molar-refractivity contribution in [3.63, 3.8) is 0 Å². The summed E-state index contributed by atoms with van der Waals surface area (Å²) in [7, 11) is 0. The Morgan fingerprint density at radius 1 is 1.19 bits per heavy atom. The van der Waals surface area contributed by atoms with Crippen molar-refractivity contribution in [1.82, 2.24) is 19.9 Å². The Labute approximate surface area is 126 Å². The number of piperidine rings is 1. The maximum atomic E-state index is 12.1. The summed E-state index contributed by atoms with van der Waals surface area (Å²) < 4.78 is 7.15. The second-order valence-corrected chi connectivity index (χ2v) is 6.65. The molecule has 1 saturated heterocycles. The third-order valence-electron chi connectivity index (χ3n) is 3.65. The van der Waals surface area contributed by atoms with E-state index in [-0.39, 0.29) is 0 Å². The van der Waals surface area contributed by atoms with Crippen LogP contribution in [-0.4, -0.2) is 51.1 Å². The van der Waals surface area contributed by atoms with Gasteiger partial charge in [0.15, 0.2) is 5.69 Å². The van der Waals surface area contributed by atoms with Crippen molar-refractivity contribution in [2.45, 2.75) is 59.1 Å². The number of esters is 1. The van der Waals surface area contributed by atoms with Crippen LogP contribution in [-0.2, 0) is 11.3 Å². The molecular weight excluding hydrogens is 268 g/mol. The van der Waals surface area contributed by atoms with Gasteiger partial charge in [0.05, 0.1) is 12.2 Å². The van der Waals surface area contributed by atoms with Crippen LogP contribution in [0, 0.1) is 6.92 Å². The minimum atomic E-state index is -0.513. The summed E-state index contributed by atoms with van der Waals surface area (Å²) in [5, 5.41) is 8.07. The third kappa shape index (κ3) is 4.52. The number of hydrogen-bond acceptors (Lipinski definition) is 5. The Morgan fingerprint density at radius 2 is 1.86 bits per heavy atom. The summed E-state index contributed by atoms with van der Waals surface area (Å²) in [6.45, 7) is 11.5. The van der Waals surface area contributed by atoms with E-state index >= 15 is 0 Å². The van der Waals surface area contributed by atoms with E-state index in [2.05, 4.69) is 15.2 Å². The van der Waals surface area contributed by atoms with Crippen molar-refractivity contribution in [3.8, 4) is 0 Å². The van der Waals surface area contributed by atoms with Gasteiger partial charge in [-0.05, 0) is 53.6 Å². The fraction of sp³-hybridized carbons (Fsp3) is 0.800. The molecule has 0 aromatic carbocycles. The smallest absolute Gasteiger partial charge is 0.361 e. The van der Waals surface area contributed by atoms with Gasteiger partial charge in [-0.3, -0.25) is 0 Å². The topological polar surface area (TPSA) is 60.2 Å². The quantitative estimate of drug-likeness (QED) is 0.795. The maximum Gasteiger partial charge on any atom is 0.361 e. The van der Waals surface area contributed by atoms with Gasteiger partial charge in [0.1, 0.15) is 5.60 Å². The molecule has 0 amide bonds. The van der Waals surface area contributed by atoms with E-state index in [0.29, 0.717) is 5.69 Å². The molecule has 0 spiro atoms. The fourth-order valence-corrected chi connectivity index (χ4v) is 2.51. The summed E-state index contributed by atoms with van der Waals surface area (Å²) in [6, 6.07) is 0. The number of aromatic nitrogens is 3. The fourth-order valence-electron chi connectivity index (χ4n) is 2.51. The molecule has 2 heterocycles. The van der Waals surface area contributed by atoms with Crippen LogP contribution in [0.4, 0.5) is 0 Å². The van der Waals surface area contributed by atoms with Gasteiger partial charge in [0.25, 0.3) is 0 Å². The molecule has 1 aliphatic rings. The minimum absolute atomic E-state index is 0.323. The Kier molecular flexibility index (Phi) is 4.98. The summed E-state index contributed by atoms with van der Waals surface area (Å²) >= 11 is 0. The zero-order valence-electron chi connectivity index (χ0n) is 13.6. The van der Waals surface area contributed by atoms with Crippen LogP contribution < -0.4 is 0 Å². The zero-order valence-corrected chi connectivity index (χ0v) is 13.6. The van der Waals surface area contributed by atoms with E-state index < -0.39 is 11.6 Å². The summed E-state index contributed by atoms with van der Waals surface area (Å²) in [5.41, 5.74) is 0.589. The number of carbonyl (C=O) groups excluding carboxylic acids is 1. The lowest BCUT2D eigenvalue weighted by atomic mass is 10.1. The van der Waals surface area contributed by atoms with Crippen molar-refractivity contribution in [2.24, 2.45) is 0 Å². The molecule has 6 nitrogen and oxygen atoms in total. The molecule has 0 aliphatic carbocycles. The molecule has 0 saturated carbocycles. The van der Waals surface area contributed by atoms with Crippen LogP contribution >= 0.6 is 0 Å². The van der Waals surface area contributed by atoms with E-state index in [1.165, 1.54) is 19.3 Å². The largest absolute Gasteiger partial charge is 0.455 e. The van der Waals surface area contributed by atoms with Gasteiger partial charge in [-0.2, -0.15) is 0 Å². The molecule has 0 bridgehead atoms. The Balaban J connectivity index is 1.94. The number of hydrogen-bond donors (Lipinski definition) is 0. The number of rotatable bonds is 4. The Bertz CT molecular complexity index is 484. The molecule has 2 rings (SSSR count). The molecule has 6 heteroatoms. The van der Waals surface area contributed by atoms with Crippen molar-refractivity contribution in [2.75, 3.05) is 19.6 Å². The first kappa shape index (κ1) is 15.9. The summed E-state index contributed by atoms with van der Waals surface area (Å²) in [6.07, 6.45) is 3.89. The molecule has 0 N–H and O–H groups in total. The standard InChI is InChI=1S/C15H26N4O2/c1-12-13(14(20)21-15(2,3)4)16-17-19(12)11-10-18-8-6-5-7-9-18/h5-11H2,1-4H3. The first-order chi connectivity index (χ1) is 9.87. The average Bonchev–Trinajstić information content (AvgIpc) is 2.77. The molecule has 1 aromatic rings. The summed E-state index contributed by atoms with van der Waals surface area (Å²) in [4.78, 5) is 14.5. The van der Waals surface area contributed by atoms with Crippen molar-refractivity contribution in [3.05, 3.63) is 11.4 Å². The number of ether oxygens (including phenoxy) is 1. The molecule has 0 radical (unpaired) electrons. The van der Waals surface area contributed by atoms with Gasteiger partial charge < -0.3 is 9.64 Å². The first-order valence-electron chi connectivity index (χ1n) is 7.72. The monoisotopic (exact) mass is 294 g/mol. The van der Waals surface area contributed by atoms with Gasteiger partial charge in [-0.1, -0.05) is 11.6 Å². The van der Waals surface area contributed by atoms with E-state index in [1.54, 1.807) is 4.68 Å². The van der Waals surface area contributed by atoms with Gasteiger partial charge in [-0.15, -0.1) is 5.10 Å².